The second-order valence-corrected chi connectivity index (χ2v) is 3.68. The van der Waals surface area contributed by atoms with Crippen molar-refractivity contribution in [3.05, 3.63) is 24.3 Å². The molecular formula is C10H7N3O2S. The van der Waals surface area contributed by atoms with E-state index in [9.17, 15) is 0 Å². The molecule has 0 aromatic heterocycles. The molecule has 5 nitrogen and oxygen atoms in total. The quantitative estimate of drug-likeness (QED) is 0.697. The molecule has 2 heterocycles. The van der Waals surface area contributed by atoms with Gasteiger partial charge in [-0.3, -0.25) is 0 Å². The molecule has 6 heteroatoms. The van der Waals surface area contributed by atoms with Gasteiger partial charge in [-0.05, 0) is 24.4 Å². The number of hydrogen-bond acceptors (Lipinski definition) is 4. The Bertz CT molecular complexity index is 513. The van der Waals surface area contributed by atoms with Gasteiger partial charge in [0.2, 0.25) is 5.11 Å². The minimum absolute atomic E-state index is 0.234. The molecule has 0 unspecified atom stereocenters. The molecule has 16 heavy (non-hydrogen) atoms. The molecule has 0 radical (unpaired) electrons. The summed E-state index contributed by atoms with van der Waals surface area (Å²) in [6, 6.07) is 7.47. The van der Waals surface area contributed by atoms with E-state index in [1.807, 2.05) is 24.3 Å². The zero-order valence-electron chi connectivity index (χ0n) is 8.16. The largest absolute Gasteiger partial charge is 0.485 e. The van der Waals surface area contributed by atoms with Crippen molar-refractivity contribution >= 4 is 23.2 Å². The lowest BCUT2D eigenvalue weighted by Gasteiger charge is -2.24. The van der Waals surface area contributed by atoms with E-state index >= 15 is 0 Å². The van der Waals surface area contributed by atoms with Gasteiger partial charge in [-0.2, -0.15) is 4.99 Å². The van der Waals surface area contributed by atoms with E-state index in [-0.39, 0.29) is 11.2 Å². The fourth-order valence-corrected chi connectivity index (χ4v) is 1.65. The average molecular weight is 233 g/mol. The van der Waals surface area contributed by atoms with Gasteiger partial charge in [0.1, 0.15) is 6.61 Å². The summed E-state index contributed by atoms with van der Waals surface area (Å²) in [5.74, 6) is 1.89. The zero-order chi connectivity index (χ0) is 11.0. The number of benzene rings is 1. The maximum absolute atomic E-state index is 5.70. The first-order valence-electron chi connectivity index (χ1n) is 4.76. The Morgan fingerprint density at radius 3 is 2.75 bits per heavy atom. The van der Waals surface area contributed by atoms with E-state index in [0.717, 1.165) is 5.75 Å². The molecule has 3 rings (SSSR count). The molecule has 0 bridgehead atoms. The molecule has 2 aliphatic rings. The predicted octanol–water partition coefficient (Wildman–Crippen LogP) is 1.98. The summed E-state index contributed by atoms with van der Waals surface area (Å²) in [5.41, 5.74) is 0. The number of amidine groups is 1. The average Bonchev–Trinajstić information content (AvgIpc) is 2.75. The third kappa shape index (κ3) is 1.57. The maximum Gasteiger partial charge on any atom is 0.241 e. The standard InChI is InChI=1S/C10H7N3O2S/c16-10-11-9(12-13-10)8-5-14-6-3-1-2-4-7(6)15-8/h1-4,8H,5H2/t8-/m0/s1. The first kappa shape index (κ1) is 9.41. The van der Waals surface area contributed by atoms with Crippen LogP contribution in [0.3, 0.4) is 0 Å². The molecule has 0 saturated carbocycles. The van der Waals surface area contributed by atoms with Crippen LogP contribution in [0.5, 0.6) is 11.5 Å². The van der Waals surface area contributed by atoms with E-state index in [1.54, 1.807) is 0 Å². The second kappa shape index (κ2) is 3.64. The summed E-state index contributed by atoms with van der Waals surface area (Å²) in [5, 5.41) is 7.74. The van der Waals surface area contributed by atoms with Gasteiger partial charge in [0.15, 0.2) is 23.4 Å². The normalized spacial score (nSPS) is 22.1. The van der Waals surface area contributed by atoms with Crippen LogP contribution in [0.2, 0.25) is 0 Å². The number of hydrogen-bond donors (Lipinski definition) is 0. The highest BCUT2D eigenvalue weighted by Crippen LogP contribution is 2.31. The van der Waals surface area contributed by atoms with Gasteiger partial charge in [0, 0.05) is 0 Å². The third-order valence-electron chi connectivity index (χ3n) is 2.24. The van der Waals surface area contributed by atoms with E-state index in [2.05, 4.69) is 15.2 Å². The summed E-state index contributed by atoms with van der Waals surface area (Å²) in [6.07, 6.45) is -0.334. The fourth-order valence-electron chi connectivity index (χ4n) is 1.52. The Morgan fingerprint density at radius 1 is 1.19 bits per heavy atom. The zero-order valence-corrected chi connectivity index (χ0v) is 8.98. The predicted molar refractivity (Wildman–Crippen MR) is 61.2 cm³/mol. The van der Waals surface area contributed by atoms with Gasteiger partial charge in [0.05, 0.1) is 0 Å². The number of aliphatic imine (C=N–C) groups is 1. The van der Waals surface area contributed by atoms with Crippen molar-refractivity contribution in [3.8, 4) is 11.5 Å². The number of ether oxygens (including phenoxy) is 2. The van der Waals surface area contributed by atoms with Gasteiger partial charge in [-0.1, -0.05) is 12.1 Å². The molecule has 0 spiro atoms. The second-order valence-electron chi connectivity index (χ2n) is 3.32. The molecule has 1 aromatic rings. The summed E-state index contributed by atoms with van der Waals surface area (Å²) in [7, 11) is 0. The van der Waals surface area contributed by atoms with Crippen molar-refractivity contribution in [3.63, 3.8) is 0 Å². The summed E-state index contributed by atoms with van der Waals surface area (Å²) >= 11 is 4.80. The van der Waals surface area contributed by atoms with Crippen molar-refractivity contribution < 1.29 is 9.47 Å². The minimum Gasteiger partial charge on any atom is -0.485 e. The van der Waals surface area contributed by atoms with Crippen molar-refractivity contribution in [1.82, 2.24) is 0 Å². The van der Waals surface area contributed by atoms with E-state index < -0.39 is 0 Å². The van der Waals surface area contributed by atoms with Gasteiger partial charge >= 0.3 is 0 Å². The summed E-state index contributed by atoms with van der Waals surface area (Å²) in [4.78, 5) is 3.99. The summed E-state index contributed by atoms with van der Waals surface area (Å²) in [6.45, 7) is 0.373. The number of nitrogens with zero attached hydrogens (tertiary/aromatic N) is 3. The molecule has 0 fully saturated rings. The smallest absolute Gasteiger partial charge is 0.241 e. The lowest BCUT2D eigenvalue weighted by molar-refractivity contribution is 0.134. The van der Waals surface area contributed by atoms with Crippen LogP contribution >= 0.6 is 12.2 Å². The lowest BCUT2D eigenvalue weighted by atomic mass is 10.2. The highest BCUT2D eigenvalue weighted by Gasteiger charge is 2.27. The van der Waals surface area contributed by atoms with E-state index in [4.69, 9.17) is 21.7 Å². The highest BCUT2D eigenvalue weighted by molar-refractivity contribution is 7.80. The third-order valence-corrected chi connectivity index (χ3v) is 2.42. The van der Waals surface area contributed by atoms with Crippen LogP contribution in [0.1, 0.15) is 0 Å². The molecule has 2 aliphatic heterocycles. The van der Waals surface area contributed by atoms with Gasteiger partial charge in [-0.25, -0.2) is 0 Å². The Labute approximate surface area is 96.8 Å². The summed E-state index contributed by atoms with van der Waals surface area (Å²) < 4.78 is 11.2. The Hall–Kier alpha value is -1.82. The lowest BCUT2D eigenvalue weighted by Crippen LogP contribution is -2.35. The van der Waals surface area contributed by atoms with Crippen LogP contribution in [-0.2, 0) is 0 Å². The molecule has 1 atom stereocenters. The number of thiocarbonyl (C=S) groups is 1. The van der Waals surface area contributed by atoms with Crippen LogP contribution in [-0.4, -0.2) is 23.7 Å². The van der Waals surface area contributed by atoms with Gasteiger partial charge in [-0.15, -0.1) is 10.2 Å². The van der Waals surface area contributed by atoms with Crippen LogP contribution in [0, 0.1) is 0 Å². The number of rotatable bonds is 1. The highest BCUT2D eigenvalue weighted by atomic mass is 32.1. The molecule has 1 aromatic carbocycles. The molecule has 0 amide bonds. The molecule has 0 aliphatic carbocycles. The topological polar surface area (TPSA) is 55.5 Å². The van der Waals surface area contributed by atoms with Crippen molar-refractivity contribution in [2.45, 2.75) is 6.10 Å². The van der Waals surface area contributed by atoms with Crippen LogP contribution < -0.4 is 9.47 Å². The fraction of sp³-hybridized carbons (Fsp3) is 0.200. The van der Waals surface area contributed by atoms with Crippen LogP contribution in [0.15, 0.2) is 39.5 Å². The van der Waals surface area contributed by atoms with Crippen LogP contribution in [0.4, 0.5) is 0 Å². The molecule has 80 valence electrons. The first-order valence-corrected chi connectivity index (χ1v) is 5.16. The van der Waals surface area contributed by atoms with Gasteiger partial charge < -0.3 is 9.47 Å². The Kier molecular flexibility index (Phi) is 2.14. The molecule has 0 saturated heterocycles. The number of para-hydroxylation sites is 2. The van der Waals surface area contributed by atoms with E-state index in [1.165, 1.54) is 0 Å². The SMILES string of the molecule is S=C1N=NC([C@@H]2COc3ccccc3O2)=N1. The van der Waals surface area contributed by atoms with Crippen molar-refractivity contribution in [1.29, 1.82) is 0 Å². The van der Waals surface area contributed by atoms with Gasteiger partial charge in [0.25, 0.3) is 0 Å². The first-order chi connectivity index (χ1) is 7.83. The minimum atomic E-state index is -0.334. The molecular weight excluding hydrogens is 226 g/mol. The monoisotopic (exact) mass is 233 g/mol. The maximum atomic E-state index is 5.70. The number of fused-ring (bicyclic) bond motifs is 1. The number of azo groups is 1. The Balaban J connectivity index is 1.86. The Morgan fingerprint density at radius 2 is 2.00 bits per heavy atom. The van der Waals surface area contributed by atoms with Crippen LogP contribution in [0.25, 0.3) is 0 Å². The molecule has 0 N–H and O–H groups in total. The van der Waals surface area contributed by atoms with Crippen molar-refractivity contribution in [2.24, 2.45) is 15.2 Å². The van der Waals surface area contributed by atoms with Crippen molar-refractivity contribution in [2.75, 3.05) is 6.61 Å². The van der Waals surface area contributed by atoms with E-state index in [0.29, 0.717) is 18.2 Å².